The lowest BCUT2D eigenvalue weighted by Gasteiger charge is -2.09. The Morgan fingerprint density at radius 2 is 2.15 bits per heavy atom. The minimum Gasteiger partial charge on any atom is -0.456 e. The Kier molecular flexibility index (Phi) is 3.27. The van der Waals surface area contributed by atoms with Gasteiger partial charge in [-0.15, -0.1) is 5.10 Å². The Morgan fingerprint density at radius 1 is 1.35 bits per heavy atom. The number of aromatic nitrogens is 2. The van der Waals surface area contributed by atoms with E-state index in [2.05, 4.69) is 9.59 Å². The second kappa shape index (κ2) is 4.96. The minimum atomic E-state index is -0.473. The first-order chi connectivity index (χ1) is 9.58. The Hall–Kier alpha value is -1.79. The topological polar surface area (TPSA) is 64.9 Å². The summed E-state index contributed by atoms with van der Waals surface area (Å²) >= 11 is 1.26. The molecule has 0 aliphatic heterocycles. The van der Waals surface area contributed by atoms with Gasteiger partial charge in [0.1, 0.15) is 11.8 Å². The van der Waals surface area contributed by atoms with E-state index in [4.69, 9.17) is 10.2 Å². The Morgan fingerprint density at radius 3 is 2.85 bits per heavy atom. The van der Waals surface area contributed by atoms with Gasteiger partial charge in [-0.1, -0.05) is 30.5 Å². The monoisotopic (exact) mass is 291 g/mol. The number of halogens is 1. The molecule has 2 N–H and O–H groups in total. The third-order valence-electron chi connectivity index (χ3n) is 3.19. The zero-order chi connectivity index (χ0) is 14.3. The summed E-state index contributed by atoms with van der Waals surface area (Å²) in [6, 6.07) is 6.11. The smallest absolute Gasteiger partial charge is 0.169 e. The van der Waals surface area contributed by atoms with E-state index in [1.807, 2.05) is 13.8 Å². The molecule has 1 unspecified atom stereocenters. The number of hydrogen-bond acceptors (Lipinski definition) is 5. The predicted molar refractivity (Wildman–Crippen MR) is 76.2 cm³/mol. The van der Waals surface area contributed by atoms with Crippen LogP contribution in [0.3, 0.4) is 0 Å². The van der Waals surface area contributed by atoms with Gasteiger partial charge in [-0.05, 0) is 29.6 Å². The van der Waals surface area contributed by atoms with E-state index in [1.54, 1.807) is 18.2 Å². The summed E-state index contributed by atoms with van der Waals surface area (Å²) in [6.45, 7) is 4.07. The number of nitrogens with two attached hydrogens (primary N) is 1. The van der Waals surface area contributed by atoms with Crippen molar-refractivity contribution in [1.82, 2.24) is 9.59 Å². The molecule has 0 aliphatic carbocycles. The summed E-state index contributed by atoms with van der Waals surface area (Å²) in [5, 5.41) is 4.81. The molecule has 0 aliphatic rings. The summed E-state index contributed by atoms with van der Waals surface area (Å²) < 4.78 is 23.2. The molecule has 4 nitrogen and oxygen atoms in total. The van der Waals surface area contributed by atoms with E-state index in [0.29, 0.717) is 11.1 Å². The van der Waals surface area contributed by atoms with E-state index in [9.17, 15) is 4.39 Å². The maximum Gasteiger partial charge on any atom is 0.169 e. The van der Waals surface area contributed by atoms with Gasteiger partial charge in [0, 0.05) is 5.39 Å². The van der Waals surface area contributed by atoms with Crippen LogP contribution < -0.4 is 5.73 Å². The highest BCUT2D eigenvalue weighted by atomic mass is 32.1. The summed E-state index contributed by atoms with van der Waals surface area (Å²) in [7, 11) is 0. The molecule has 2 heterocycles. The summed E-state index contributed by atoms with van der Waals surface area (Å²) in [6.07, 6.45) is 0. The van der Waals surface area contributed by atoms with E-state index in [1.165, 1.54) is 17.6 Å². The quantitative estimate of drug-likeness (QED) is 0.800. The van der Waals surface area contributed by atoms with Crippen molar-refractivity contribution in [3.05, 3.63) is 46.4 Å². The predicted octanol–water partition coefficient (Wildman–Crippen LogP) is 3.59. The molecule has 0 saturated heterocycles. The van der Waals surface area contributed by atoms with Gasteiger partial charge in [0.25, 0.3) is 0 Å². The largest absolute Gasteiger partial charge is 0.456 e. The van der Waals surface area contributed by atoms with Gasteiger partial charge in [-0.2, -0.15) is 0 Å². The lowest BCUT2D eigenvalue weighted by molar-refractivity contribution is 0.502. The summed E-state index contributed by atoms with van der Waals surface area (Å²) in [5.41, 5.74) is 7.33. The summed E-state index contributed by atoms with van der Waals surface area (Å²) in [4.78, 5) is 0.861. The maximum atomic E-state index is 13.7. The van der Waals surface area contributed by atoms with E-state index in [0.717, 1.165) is 10.6 Å². The van der Waals surface area contributed by atoms with Crippen molar-refractivity contribution in [3.8, 4) is 0 Å². The molecule has 1 aromatic carbocycles. The van der Waals surface area contributed by atoms with Gasteiger partial charge in [0.15, 0.2) is 11.4 Å². The van der Waals surface area contributed by atoms with Gasteiger partial charge < -0.3 is 10.2 Å². The van der Waals surface area contributed by atoms with Crippen molar-refractivity contribution in [2.75, 3.05) is 0 Å². The van der Waals surface area contributed by atoms with Gasteiger partial charge in [0.2, 0.25) is 0 Å². The van der Waals surface area contributed by atoms with Crippen LogP contribution in [0, 0.1) is 5.82 Å². The van der Waals surface area contributed by atoms with Crippen LogP contribution in [0.15, 0.2) is 28.7 Å². The SMILES string of the molecule is CC(C)c1nnsc1C(N)c1cc2cccc(F)c2o1. The molecule has 20 heavy (non-hydrogen) atoms. The molecule has 0 saturated carbocycles. The van der Waals surface area contributed by atoms with Gasteiger partial charge >= 0.3 is 0 Å². The number of fused-ring (bicyclic) bond motifs is 1. The van der Waals surface area contributed by atoms with Crippen LogP contribution in [0.2, 0.25) is 0 Å². The number of rotatable bonds is 3. The molecular formula is C14H14FN3OS. The average molecular weight is 291 g/mol. The molecule has 0 amide bonds. The maximum absolute atomic E-state index is 13.7. The molecule has 0 fully saturated rings. The Bertz CT molecular complexity index is 750. The molecule has 3 aromatic rings. The molecule has 0 bridgehead atoms. The number of benzene rings is 1. The number of nitrogens with zero attached hydrogens (tertiary/aromatic N) is 2. The molecule has 6 heteroatoms. The van der Waals surface area contributed by atoms with Gasteiger partial charge in [-0.3, -0.25) is 0 Å². The molecule has 0 radical (unpaired) electrons. The Balaban J connectivity index is 2.06. The molecule has 0 spiro atoms. The van der Waals surface area contributed by atoms with Gasteiger partial charge in [0.05, 0.1) is 10.6 Å². The van der Waals surface area contributed by atoms with Crippen LogP contribution >= 0.6 is 11.5 Å². The fraction of sp³-hybridized carbons (Fsp3) is 0.286. The fourth-order valence-electron chi connectivity index (χ4n) is 2.15. The molecule has 2 aromatic heterocycles. The third kappa shape index (κ3) is 2.10. The second-order valence-electron chi connectivity index (χ2n) is 4.96. The minimum absolute atomic E-state index is 0.232. The van der Waals surface area contributed by atoms with Crippen molar-refractivity contribution >= 4 is 22.5 Å². The van der Waals surface area contributed by atoms with E-state index >= 15 is 0 Å². The lowest BCUT2D eigenvalue weighted by atomic mass is 10.1. The van der Waals surface area contributed by atoms with Crippen LogP contribution in [-0.4, -0.2) is 9.59 Å². The van der Waals surface area contributed by atoms with Crippen molar-refractivity contribution in [2.24, 2.45) is 5.73 Å². The highest BCUT2D eigenvalue weighted by Gasteiger charge is 2.23. The van der Waals surface area contributed by atoms with Crippen LogP contribution in [0.5, 0.6) is 0 Å². The standard InChI is InChI=1S/C14H14FN3OS/c1-7(2)12-14(20-18-17-12)11(16)10-6-8-4-3-5-9(15)13(8)19-10/h3-7,11H,16H2,1-2H3. The van der Waals surface area contributed by atoms with Crippen LogP contribution in [0.25, 0.3) is 11.0 Å². The fourth-order valence-corrected chi connectivity index (χ4v) is 2.97. The molecule has 104 valence electrons. The van der Waals surface area contributed by atoms with E-state index < -0.39 is 6.04 Å². The van der Waals surface area contributed by atoms with Gasteiger partial charge in [-0.25, -0.2) is 4.39 Å². The first-order valence-electron chi connectivity index (χ1n) is 6.33. The number of furan rings is 1. The first kappa shape index (κ1) is 13.2. The lowest BCUT2D eigenvalue weighted by Crippen LogP contribution is -2.12. The number of hydrogen-bond donors (Lipinski definition) is 1. The third-order valence-corrected chi connectivity index (χ3v) is 4.01. The normalized spacial score (nSPS) is 13.2. The highest BCUT2D eigenvalue weighted by molar-refractivity contribution is 7.05. The zero-order valence-corrected chi connectivity index (χ0v) is 11.9. The molecule has 1 atom stereocenters. The summed E-state index contributed by atoms with van der Waals surface area (Å²) in [5.74, 6) is 0.376. The second-order valence-corrected chi connectivity index (χ2v) is 5.75. The van der Waals surface area contributed by atoms with Crippen LogP contribution in [-0.2, 0) is 0 Å². The van der Waals surface area contributed by atoms with Crippen molar-refractivity contribution in [2.45, 2.75) is 25.8 Å². The first-order valence-corrected chi connectivity index (χ1v) is 7.11. The van der Waals surface area contributed by atoms with Crippen LogP contribution in [0.1, 0.15) is 42.1 Å². The van der Waals surface area contributed by atoms with Crippen molar-refractivity contribution in [1.29, 1.82) is 0 Å². The Labute approximate surface area is 119 Å². The highest BCUT2D eigenvalue weighted by Crippen LogP contribution is 2.32. The zero-order valence-electron chi connectivity index (χ0n) is 11.1. The van der Waals surface area contributed by atoms with E-state index in [-0.39, 0.29) is 17.3 Å². The molecular weight excluding hydrogens is 277 g/mol. The average Bonchev–Trinajstić information content (AvgIpc) is 3.05. The molecule has 3 rings (SSSR count). The number of para-hydroxylation sites is 1. The van der Waals surface area contributed by atoms with Crippen LogP contribution in [0.4, 0.5) is 4.39 Å². The van der Waals surface area contributed by atoms with Crippen molar-refractivity contribution < 1.29 is 8.81 Å². The van der Waals surface area contributed by atoms with Crippen molar-refractivity contribution in [3.63, 3.8) is 0 Å².